The minimum atomic E-state index is -4.51. The quantitative estimate of drug-likeness (QED) is 0.668. The van der Waals surface area contributed by atoms with Crippen LogP contribution in [0.15, 0.2) is 29.4 Å². The van der Waals surface area contributed by atoms with Gasteiger partial charge in [0.25, 0.3) is 0 Å². The number of amides is 1. The molecule has 23 heavy (non-hydrogen) atoms. The summed E-state index contributed by atoms with van der Waals surface area (Å²) in [6, 6.07) is 4.86. The van der Waals surface area contributed by atoms with Crippen molar-refractivity contribution < 1.29 is 26.4 Å². The summed E-state index contributed by atoms with van der Waals surface area (Å²) in [5, 5.41) is 3.52. The molecule has 1 aromatic carbocycles. The molecule has 9 heteroatoms. The Balaban J connectivity index is 1.94. The Labute approximate surface area is 131 Å². The van der Waals surface area contributed by atoms with Gasteiger partial charge in [0.05, 0.1) is 23.3 Å². The Hall–Kier alpha value is -1.90. The maximum Gasteiger partial charge on any atom is 0.417 e. The molecule has 0 saturated carbocycles. The van der Waals surface area contributed by atoms with Crippen molar-refractivity contribution >= 4 is 22.0 Å². The minimum absolute atomic E-state index is 0.0164. The Kier molecular flexibility index (Phi) is 5.08. The number of benzene rings is 1. The average molecular weight is 348 g/mol. The first-order chi connectivity index (χ1) is 10.7. The van der Waals surface area contributed by atoms with Crippen molar-refractivity contribution in [2.24, 2.45) is 11.0 Å². The molecule has 1 aliphatic heterocycles. The van der Waals surface area contributed by atoms with Gasteiger partial charge in [-0.05, 0) is 18.4 Å². The molecule has 1 heterocycles. The average Bonchev–Trinajstić information content (AvgIpc) is 2.77. The monoisotopic (exact) mass is 348 g/mol. The largest absolute Gasteiger partial charge is 0.417 e. The van der Waals surface area contributed by atoms with Gasteiger partial charge < -0.3 is 0 Å². The molecule has 1 N–H and O–H groups in total. The minimum Gasteiger partial charge on any atom is -0.273 e. The fraction of sp³-hybridized carbons (Fsp3) is 0.429. The molecule has 0 radical (unpaired) electrons. The molecule has 1 aromatic rings. The van der Waals surface area contributed by atoms with Crippen LogP contribution in [0.3, 0.4) is 0 Å². The lowest BCUT2D eigenvalue weighted by Crippen LogP contribution is -2.21. The maximum absolute atomic E-state index is 12.8. The lowest BCUT2D eigenvalue weighted by Gasteiger charge is -2.09. The molecule has 1 aliphatic rings. The number of halogens is 3. The first-order valence-corrected chi connectivity index (χ1v) is 8.68. The van der Waals surface area contributed by atoms with E-state index < -0.39 is 27.5 Å². The van der Waals surface area contributed by atoms with Crippen molar-refractivity contribution in [3.63, 3.8) is 0 Å². The van der Waals surface area contributed by atoms with E-state index in [-0.39, 0.29) is 29.4 Å². The number of nitrogens with zero attached hydrogens (tertiary/aromatic N) is 1. The number of nitrogens with one attached hydrogen (secondary N) is 1. The summed E-state index contributed by atoms with van der Waals surface area (Å²) in [5.41, 5.74) is 1.12. The maximum atomic E-state index is 12.8. The third-order valence-electron chi connectivity index (χ3n) is 3.46. The molecule has 1 fully saturated rings. The Morgan fingerprint density at radius 1 is 1.35 bits per heavy atom. The molecule has 1 saturated heterocycles. The number of hydrogen-bond donors (Lipinski definition) is 1. The second-order valence-electron chi connectivity index (χ2n) is 5.35. The lowest BCUT2D eigenvalue weighted by molar-refractivity contribution is -0.137. The van der Waals surface area contributed by atoms with Gasteiger partial charge in [-0.1, -0.05) is 18.2 Å². The predicted octanol–water partition coefficient (Wildman–Crippen LogP) is 1.98. The Bertz CT molecular complexity index is 714. The SMILES string of the molecule is O=C(C[C@H]1CCS(=O)(=O)C1)N/N=C\c1ccccc1C(F)(F)F. The zero-order valence-electron chi connectivity index (χ0n) is 12.0. The highest BCUT2D eigenvalue weighted by molar-refractivity contribution is 7.91. The lowest BCUT2D eigenvalue weighted by atomic mass is 10.1. The van der Waals surface area contributed by atoms with E-state index in [0.717, 1.165) is 12.3 Å². The summed E-state index contributed by atoms with van der Waals surface area (Å²) in [7, 11) is -3.07. The van der Waals surface area contributed by atoms with Crippen LogP contribution in [-0.2, 0) is 20.8 Å². The Morgan fingerprint density at radius 2 is 2.04 bits per heavy atom. The molecule has 2 rings (SSSR count). The van der Waals surface area contributed by atoms with Gasteiger partial charge in [-0.3, -0.25) is 4.79 Å². The second-order valence-corrected chi connectivity index (χ2v) is 7.58. The fourth-order valence-electron chi connectivity index (χ4n) is 2.38. The summed E-state index contributed by atoms with van der Waals surface area (Å²) in [6.07, 6.45) is -3.19. The molecule has 5 nitrogen and oxygen atoms in total. The van der Waals surface area contributed by atoms with Crippen molar-refractivity contribution in [3.8, 4) is 0 Å². The number of hydrazone groups is 1. The molecule has 0 unspecified atom stereocenters. The summed E-state index contributed by atoms with van der Waals surface area (Å²) >= 11 is 0. The first kappa shape index (κ1) is 17.5. The molecule has 0 bridgehead atoms. The summed E-state index contributed by atoms with van der Waals surface area (Å²) < 4.78 is 60.9. The smallest absolute Gasteiger partial charge is 0.273 e. The molecule has 0 spiro atoms. The number of sulfone groups is 1. The highest BCUT2D eigenvalue weighted by Gasteiger charge is 2.32. The van der Waals surface area contributed by atoms with E-state index in [1.54, 1.807) is 0 Å². The van der Waals surface area contributed by atoms with Crippen LogP contribution >= 0.6 is 0 Å². The summed E-state index contributed by atoms with van der Waals surface area (Å²) in [4.78, 5) is 11.6. The van der Waals surface area contributed by atoms with Crippen molar-refractivity contribution in [3.05, 3.63) is 35.4 Å². The molecular weight excluding hydrogens is 333 g/mol. The van der Waals surface area contributed by atoms with Crippen LogP contribution in [0.5, 0.6) is 0 Å². The number of hydrogen-bond acceptors (Lipinski definition) is 4. The van der Waals surface area contributed by atoms with E-state index in [4.69, 9.17) is 0 Å². The molecule has 0 aliphatic carbocycles. The number of rotatable bonds is 4. The normalized spacial score (nSPS) is 20.7. The fourth-order valence-corrected chi connectivity index (χ4v) is 4.24. The zero-order chi connectivity index (χ0) is 17.1. The van der Waals surface area contributed by atoms with Gasteiger partial charge in [0.2, 0.25) is 5.91 Å². The third-order valence-corrected chi connectivity index (χ3v) is 5.30. The molecule has 126 valence electrons. The van der Waals surface area contributed by atoms with E-state index >= 15 is 0 Å². The Morgan fingerprint density at radius 3 is 2.65 bits per heavy atom. The van der Waals surface area contributed by atoms with Crippen LogP contribution in [-0.4, -0.2) is 32.0 Å². The third kappa shape index (κ3) is 5.05. The van der Waals surface area contributed by atoms with Gasteiger partial charge in [-0.25, -0.2) is 13.8 Å². The van der Waals surface area contributed by atoms with Gasteiger partial charge in [-0.15, -0.1) is 0 Å². The highest BCUT2D eigenvalue weighted by Crippen LogP contribution is 2.31. The molecule has 0 aromatic heterocycles. The standard InChI is InChI=1S/C14H15F3N2O3S/c15-14(16,17)12-4-2-1-3-11(12)8-18-19-13(20)7-10-5-6-23(21,22)9-10/h1-4,8,10H,5-7,9H2,(H,19,20)/b18-8-/t10-/m1/s1. The van der Waals surface area contributed by atoms with Crippen LogP contribution < -0.4 is 5.43 Å². The van der Waals surface area contributed by atoms with Crippen molar-refractivity contribution in [1.82, 2.24) is 5.43 Å². The zero-order valence-corrected chi connectivity index (χ0v) is 12.8. The number of carbonyl (C=O) groups excluding carboxylic acids is 1. The van der Waals surface area contributed by atoms with E-state index in [2.05, 4.69) is 10.5 Å². The highest BCUT2D eigenvalue weighted by atomic mass is 32.2. The van der Waals surface area contributed by atoms with Gasteiger partial charge >= 0.3 is 6.18 Å². The van der Waals surface area contributed by atoms with Gasteiger partial charge in [0.15, 0.2) is 9.84 Å². The van der Waals surface area contributed by atoms with E-state index in [0.29, 0.717) is 6.42 Å². The molecule has 1 amide bonds. The van der Waals surface area contributed by atoms with Gasteiger partial charge in [-0.2, -0.15) is 18.3 Å². The van der Waals surface area contributed by atoms with Crippen LogP contribution in [0.1, 0.15) is 24.0 Å². The molecular formula is C14H15F3N2O3S. The van der Waals surface area contributed by atoms with Crippen LogP contribution in [0, 0.1) is 5.92 Å². The predicted molar refractivity (Wildman–Crippen MR) is 78.6 cm³/mol. The van der Waals surface area contributed by atoms with Gasteiger partial charge in [0.1, 0.15) is 0 Å². The van der Waals surface area contributed by atoms with Gasteiger partial charge in [0, 0.05) is 12.0 Å². The molecule has 1 atom stereocenters. The van der Waals surface area contributed by atoms with Crippen molar-refractivity contribution in [1.29, 1.82) is 0 Å². The van der Waals surface area contributed by atoms with Crippen molar-refractivity contribution in [2.45, 2.75) is 19.0 Å². The number of carbonyl (C=O) groups is 1. The van der Waals surface area contributed by atoms with Crippen molar-refractivity contribution in [2.75, 3.05) is 11.5 Å². The van der Waals surface area contributed by atoms with E-state index in [1.165, 1.54) is 18.2 Å². The first-order valence-electron chi connectivity index (χ1n) is 6.86. The van der Waals surface area contributed by atoms with E-state index in [9.17, 15) is 26.4 Å². The number of alkyl halides is 3. The summed E-state index contributed by atoms with van der Waals surface area (Å²) in [5.74, 6) is -0.765. The van der Waals surface area contributed by atoms with Crippen LogP contribution in [0.2, 0.25) is 0 Å². The van der Waals surface area contributed by atoms with Crippen LogP contribution in [0.4, 0.5) is 13.2 Å². The van der Waals surface area contributed by atoms with Crippen LogP contribution in [0.25, 0.3) is 0 Å². The second kappa shape index (κ2) is 6.69. The summed E-state index contributed by atoms with van der Waals surface area (Å²) in [6.45, 7) is 0. The van der Waals surface area contributed by atoms with E-state index in [1.807, 2.05) is 0 Å². The topological polar surface area (TPSA) is 75.6 Å².